The van der Waals surface area contributed by atoms with E-state index in [2.05, 4.69) is 25.5 Å². The Morgan fingerprint density at radius 2 is 1.80 bits per heavy atom. The molecule has 0 aliphatic carbocycles. The van der Waals surface area contributed by atoms with Crippen LogP contribution in [-0.2, 0) is 6.42 Å². The lowest BCUT2D eigenvalue weighted by Gasteiger charge is -2.10. The van der Waals surface area contributed by atoms with Crippen LogP contribution >= 0.6 is 0 Å². The minimum atomic E-state index is 0.479. The molecule has 0 aliphatic heterocycles. The van der Waals surface area contributed by atoms with Crippen LogP contribution in [0.3, 0.4) is 0 Å². The van der Waals surface area contributed by atoms with Crippen LogP contribution in [0.1, 0.15) is 17.0 Å². The van der Waals surface area contributed by atoms with Crippen molar-refractivity contribution in [3.63, 3.8) is 0 Å². The second-order valence-electron chi connectivity index (χ2n) is 4.51. The summed E-state index contributed by atoms with van der Waals surface area (Å²) in [5.41, 5.74) is 3.81. The maximum Gasteiger partial charge on any atom is 0.233 e. The summed E-state index contributed by atoms with van der Waals surface area (Å²) in [6.45, 7) is 4.91. The minimum absolute atomic E-state index is 0.479. The molecule has 0 radical (unpaired) electrons. The molecule has 0 spiro atoms. The summed E-state index contributed by atoms with van der Waals surface area (Å²) in [5, 5.41) is 11.2. The van der Waals surface area contributed by atoms with Gasteiger partial charge >= 0.3 is 0 Å². The number of methoxy groups -OCH3 is 1. The second kappa shape index (κ2) is 6.38. The maximum atomic E-state index is 4.99. The van der Waals surface area contributed by atoms with Crippen molar-refractivity contribution >= 4 is 0 Å². The van der Waals surface area contributed by atoms with E-state index in [1.807, 2.05) is 27.0 Å². The Labute approximate surface area is 118 Å². The molecule has 2 aromatic rings. The molecule has 2 aromatic heterocycles. The third kappa shape index (κ3) is 3.08. The minimum Gasteiger partial charge on any atom is -0.480 e. The van der Waals surface area contributed by atoms with E-state index in [0.717, 1.165) is 24.4 Å². The van der Waals surface area contributed by atoms with Gasteiger partial charge in [-0.15, -0.1) is 10.2 Å². The van der Waals surface area contributed by atoms with E-state index in [1.54, 1.807) is 13.2 Å². The van der Waals surface area contributed by atoms with Crippen molar-refractivity contribution in [3.8, 4) is 17.4 Å². The number of rotatable bonds is 5. The van der Waals surface area contributed by atoms with Crippen LogP contribution in [0.4, 0.5) is 0 Å². The summed E-state index contributed by atoms with van der Waals surface area (Å²) >= 11 is 0. The van der Waals surface area contributed by atoms with E-state index >= 15 is 0 Å². The number of nitrogens with one attached hydrogen (secondary N) is 1. The SMILES string of the molecule is CNCCc1c(C)nc(-c2ccc(OC)nn2)nc1C. The molecule has 0 aliphatic rings. The van der Waals surface area contributed by atoms with Crippen molar-refractivity contribution < 1.29 is 4.74 Å². The average Bonchev–Trinajstić information content (AvgIpc) is 2.46. The highest BCUT2D eigenvalue weighted by molar-refractivity contribution is 5.50. The molecule has 0 bridgehead atoms. The lowest BCUT2D eigenvalue weighted by Crippen LogP contribution is -2.13. The fraction of sp³-hybridized carbons (Fsp3) is 0.429. The molecule has 2 rings (SSSR count). The van der Waals surface area contributed by atoms with E-state index in [-0.39, 0.29) is 0 Å². The Bertz CT molecular complexity index is 560. The summed E-state index contributed by atoms with van der Waals surface area (Å²) < 4.78 is 4.99. The second-order valence-corrected chi connectivity index (χ2v) is 4.51. The van der Waals surface area contributed by atoms with Gasteiger partial charge in [-0.2, -0.15) is 0 Å². The van der Waals surface area contributed by atoms with Crippen LogP contribution in [0.15, 0.2) is 12.1 Å². The standard InChI is InChI=1S/C14H19N5O/c1-9-11(7-8-15-3)10(2)17-14(16-9)12-5-6-13(20-4)19-18-12/h5-6,15H,7-8H2,1-4H3. The molecule has 0 atom stereocenters. The fourth-order valence-corrected chi connectivity index (χ4v) is 2.01. The summed E-state index contributed by atoms with van der Waals surface area (Å²) in [4.78, 5) is 9.06. The predicted molar refractivity (Wildman–Crippen MR) is 76.7 cm³/mol. The molecular weight excluding hydrogens is 254 g/mol. The normalized spacial score (nSPS) is 10.6. The Morgan fingerprint density at radius 1 is 1.10 bits per heavy atom. The van der Waals surface area contributed by atoms with Crippen molar-refractivity contribution in [1.29, 1.82) is 0 Å². The van der Waals surface area contributed by atoms with Gasteiger partial charge in [-0.25, -0.2) is 9.97 Å². The molecule has 2 heterocycles. The highest BCUT2D eigenvalue weighted by atomic mass is 16.5. The van der Waals surface area contributed by atoms with Gasteiger partial charge in [0.25, 0.3) is 0 Å². The number of hydrogen-bond acceptors (Lipinski definition) is 6. The first-order chi connectivity index (χ1) is 9.65. The van der Waals surface area contributed by atoms with Crippen LogP contribution in [0.5, 0.6) is 5.88 Å². The van der Waals surface area contributed by atoms with Crippen molar-refractivity contribution in [2.24, 2.45) is 0 Å². The Hall–Kier alpha value is -2.08. The molecule has 6 heteroatoms. The number of hydrogen-bond donors (Lipinski definition) is 1. The smallest absolute Gasteiger partial charge is 0.233 e. The largest absolute Gasteiger partial charge is 0.480 e. The summed E-state index contributed by atoms with van der Waals surface area (Å²) in [5.74, 6) is 1.08. The van der Waals surface area contributed by atoms with Crippen LogP contribution in [-0.4, -0.2) is 40.9 Å². The quantitative estimate of drug-likeness (QED) is 0.885. The van der Waals surface area contributed by atoms with E-state index < -0.39 is 0 Å². The maximum absolute atomic E-state index is 4.99. The molecule has 0 saturated heterocycles. The lowest BCUT2D eigenvalue weighted by atomic mass is 10.1. The van der Waals surface area contributed by atoms with Crippen LogP contribution in [0.25, 0.3) is 11.5 Å². The van der Waals surface area contributed by atoms with Crippen molar-refractivity contribution in [2.75, 3.05) is 20.7 Å². The van der Waals surface area contributed by atoms with Gasteiger partial charge in [0.2, 0.25) is 5.88 Å². The number of aromatic nitrogens is 4. The van der Waals surface area contributed by atoms with Gasteiger partial charge in [-0.05, 0) is 45.5 Å². The zero-order valence-electron chi connectivity index (χ0n) is 12.3. The van der Waals surface area contributed by atoms with Crippen molar-refractivity contribution in [2.45, 2.75) is 20.3 Å². The first kappa shape index (κ1) is 14.3. The fourth-order valence-electron chi connectivity index (χ4n) is 2.01. The van der Waals surface area contributed by atoms with Crippen LogP contribution < -0.4 is 10.1 Å². The molecule has 106 valence electrons. The molecular formula is C14H19N5O. The first-order valence-corrected chi connectivity index (χ1v) is 6.52. The summed E-state index contributed by atoms with van der Waals surface area (Å²) in [7, 11) is 3.50. The van der Waals surface area contributed by atoms with E-state index in [1.165, 1.54) is 5.56 Å². The first-order valence-electron chi connectivity index (χ1n) is 6.52. The zero-order chi connectivity index (χ0) is 14.5. The lowest BCUT2D eigenvalue weighted by molar-refractivity contribution is 0.392. The van der Waals surface area contributed by atoms with Gasteiger partial charge < -0.3 is 10.1 Å². The Balaban J connectivity index is 2.33. The molecule has 20 heavy (non-hydrogen) atoms. The molecule has 6 nitrogen and oxygen atoms in total. The Kier molecular flexibility index (Phi) is 4.57. The van der Waals surface area contributed by atoms with Gasteiger partial charge in [0, 0.05) is 17.5 Å². The molecule has 0 aromatic carbocycles. The number of aryl methyl sites for hydroxylation is 2. The molecule has 1 N–H and O–H groups in total. The van der Waals surface area contributed by atoms with Gasteiger partial charge in [0.1, 0.15) is 5.69 Å². The van der Waals surface area contributed by atoms with Gasteiger partial charge in [-0.1, -0.05) is 0 Å². The Morgan fingerprint density at radius 3 is 2.30 bits per heavy atom. The molecule has 0 fully saturated rings. The van der Waals surface area contributed by atoms with E-state index in [0.29, 0.717) is 17.4 Å². The topological polar surface area (TPSA) is 72.8 Å². The number of nitrogens with zero attached hydrogens (tertiary/aromatic N) is 4. The number of ether oxygens (including phenoxy) is 1. The van der Waals surface area contributed by atoms with Crippen LogP contribution in [0.2, 0.25) is 0 Å². The van der Waals surface area contributed by atoms with Crippen molar-refractivity contribution in [1.82, 2.24) is 25.5 Å². The third-order valence-corrected chi connectivity index (χ3v) is 3.12. The monoisotopic (exact) mass is 273 g/mol. The highest BCUT2D eigenvalue weighted by Gasteiger charge is 2.11. The zero-order valence-corrected chi connectivity index (χ0v) is 12.3. The van der Waals surface area contributed by atoms with Gasteiger partial charge in [-0.3, -0.25) is 0 Å². The summed E-state index contributed by atoms with van der Waals surface area (Å²) in [6, 6.07) is 3.57. The van der Waals surface area contributed by atoms with E-state index in [9.17, 15) is 0 Å². The summed E-state index contributed by atoms with van der Waals surface area (Å²) in [6.07, 6.45) is 0.919. The van der Waals surface area contributed by atoms with Crippen molar-refractivity contribution in [3.05, 3.63) is 29.1 Å². The van der Waals surface area contributed by atoms with Gasteiger partial charge in [0.15, 0.2) is 5.82 Å². The molecule has 0 saturated carbocycles. The van der Waals surface area contributed by atoms with Gasteiger partial charge in [0.05, 0.1) is 7.11 Å². The van der Waals surface area contributed by atoms with Crippen LogP contribution in [0, 0.1) is 13.8 Å². The average molecular weight is 273 g/mol. The van der Waals surface area contributed by atoms with E-state index in [4.69, 9.17) is 4.74 Å². The predicted octanol–water partition coefficient (Wildman–Crippen LogP) is 1.32. The molecule has 0 amide bonds. The number of likely N-dealkylation sites (N-methyl/N-ethyl adjacent to an activating group) is 1. The third-order valence-electron chi connectivity index (χ3n) is 3.12. The highest BCUT2D eigenvalue weighted by Crippen LogP contribution is 2.18. The molecule has 0 unspecified atom stereocenters.